The van der Waals surface area contributed by atoms with Crippen LogP contribution in [0.25, 0.3) is 0 Å². The molecule has 0 aromatic rings. The number of hydrogen-bond acceptors (Lipinski definition) is 3. The summed E-state index contributed by atoms with van der Waals surface area (Å²) in [6, 6.07) is 0. The molecule has 1 aliphatic rings. The lowest BCUT2D eigenvalue weighted by Crippen LogP contribution is -2.32. The van der Waals surface area contributed by atoms with Crippen LogP contribution in [0.5, 0.6) is 0 Å². The molecule has 0 aromatic heterocycles. The van der Waals surface area contributed by atoms with Gasteiger partial charge in [-0.15, -0.1) is 0 Å². The van der Waals surface area contributed by atoms with Gasteiger partial charge in [0.05, 0.1) is 25.4 Å². The summed E-state index contributed by atoms with van der Waals surface area (Å²) >= 11 is 0. The van der Waals surface area contributed by atoms with Gasteiger partial charge in [0.15, 0.2) is 0 Å². The molecular formula is C7H14O3. The molecule has 1 saturated heterocycles. The van der Waals surface area contributed by atoms with Crippen molar-refractivity contribution in [2.45, 2.75) is 31.5 Å². The summed E-state index contributed by atoms with van der Waals surface area (Å²) in [6.45, 7) is 0.160. The predicted molar refractivity (Wildman–Crippen MR) is 36.7 cm³/mol. The molecule has 60 valence electrons. The van der Waals surface area contributed by atoms with Crippen LogP contribution in [0.1, 0.15) is 19.3 Å². The van der Waals surface area contributed by atoms with Crippen LogP contribution in [-0.4, -0.2) is 35.6 Å². The highest BCUT2D eigenvalue weighted by Crippen LogP contribution is 2.17. The first-order chi connectivity index (χ1) is 4.86. The first-order valence-electron chi connectivity index (χ1n) is 3.74. The maximum Gasteiger partial charge on any atom is 0.0810 e. The minimum absolute atomic E-state index is 0.0362. The average Bonchev–Trinajstić information content (AvgIpc) is 2.05. The average molecular weight is 146 g/mol. The Morgan fingerprint density at radius 1 is 1.10 bits per heavy atom. The molecule has 3 nitrogen and oxygen atoms in total. The molecule has 10 heavy (non-hydrogen) atoms. The van der Waals surface area contributed by atoms with Crippen molar-refractivity contribution in [3.63, 3.8) is 0 Å². The first-order valence-corrected chi connectivity index (χ1v) is 3.74. The Kier molecular flexibility index (Phi) is 3.12. The maximum absolute atomic E-state index is 8.70. The molecule has 0 radical (unpaired) electrons. The third-order valence-electron chi connectivity index (χ3n) is 1.84. The highest BCUT2D eigenvalue weighted by atomic mass is 16.5. The standard InChI is InChI=1S/C7H14O3/c8-4-6-2-1-3-7(5-9)10-6/h6-9H,1-5H2. The fourth-order valence-corrected chi connectivity index (χ4v) is 1.25. The van der Waals surface area contributed by atoms with E-state index in [9.17, 15) is 0 Å². The van der Waals surface area contributed by atoms with Crippen LogP contribution in [0, 0.1) is 0 Å². The van der Waals surface area contributed by atoms with Gasteiger partial charge in [-0.2, -0.15) is 0 Å². The minimum Gasteiger partial charge on any atom is -0.394 e. The number of hydrogen-bond donors (Lipinski definition) is 2. The van der Waals surface area contributed by atoms with E-state index in [-0.39, 0.29) is 25.4 Å². The van der Waals surface area contributed by atoms with Gasteiger partial charge in [-0.3, -0.25) is 0 Å². The fourth-order valence-electron chi connectivity index (χ4n) is 1.25. The van der Waals surface area contributed by atoms with Crippen LogP contribution in [0.3, 0.4) is 0 Å². The summed E-state index contributed by atoms with van der Waals surface area (Å²) in [5.74, 6) is 0. The van der Waals surface area contributed by atoms with Gasteiger partial charge in [0.25, 0.3) is 0 Å². The van der Waals surface area contributed by atoms with Crippen molar-refractivity contribution >= 4 is 0 Å². The van der Waals surface area contributed by atoms with Crippen molar-refractivity contribution in [3.05, 3.63) is 0 Å². The van der Waals surface area contributed by atoms with Gasteiger partial charge in [0, 0.05) is 0 Å². The lowest BCUT2D eigenvalue weighted by Gasteiger charge is -2.27. The van der Waals surface area contributed by atoms with Crippen LogP contribution < -0.4 is 0 Å². The Hall–Kier alpha value is -0.120. The van der Waals surface area contributed by atoms with Gasteiger partial charge in [0.2, 0.25) is 0 Å². The van der Waals surface area contributed by atoms with Gasteiger partial charge < -0.3 is 14.9 Å². The van der Waals surface area contributed by atoms with Crippen LogP contribution in [0.2, 0.25) is 0 Å². The second kappa shape index (κ2) is 3.91. The first kappa shape index (κ1) is 7.98. The van der Waals surface area contributed by atoms with Crippen molar-refractivity contribution < 1.29 is 14.9 Å². The van der Waals surface area contributed by atoms with Crippen molar-refractivity contribution in [1.82, 2.24) is 0 Å². The zero-order valence-corrected chi connectivity index (χ0v) is 5.99. The molecule has 0 spiro atoms. The Morgan fingerprint density at radius 3 is 2.00 bits per heavy atom. The molecule has 2 N–H and O–H groups in total. The van der Waals surface area contributed by atoms with Gasteiger partial charge in [-0.05, 0) is 19.3 Å². The summed E-state index contributed by atoms with van der Waals surface area (Å²) in [5, 5.41) is 17.4. The lowest BCUT2D eigenvalue weighted by molar-refractivity contribution is -0.0896. The predicted octanol–water partition coefficient (Wildman–Crippen LogP) is -0.0913. The van der Waals surface area contributed by atoms with E-state index in [2.05, 4.69) is 0 Å². The van der Waals surface area contributed by atoms with Gasteiger partial charge in [-0.25, -0.2) is 0 Å². The molecule has 1 heterocycles. The topological polar surface area (TPSA) is 49.7 Å². The van der Waals surface area contributed by atoms with Crippen molar-refractivity contribution in [2.75, 3.05) is 13.2 Å². The van der Waals surface area contributed by atoms with E-state index in [0.717, 1.165) is 19.3 Å². The van der Waals surface area contributed by atoms with Gasteiger partial charge in [0.1, 0.15) is 0 Å². The SMILES string of the molecule is OCC1CCCC(CO)O1. The smallest absolute Gasteiger partial charge is 0.0810 e. The monoisotopic (exact) mass is 146 g/mol. The van der Waals surface area contributed by atoms with Crippen molar-refractivity contribution in [1.29, 1.82) is 0 Å². The fraction of sp³-hybridized carbons (Fsp3) is 1.00. The second-order valence-corrected chi connectivity index (χ2v) is 2.68. The zero-order valence-electron chi connectivity index (χ0n) is 5.99. The molecule has 0 amide bonds. The molecule has 2 atom stereocenters. The van der Waals surface area contributed by atoms with E-state index in [1.54, 1.807) is 0 Å². The molecule has 1 fully saturated rings. The second-order valence-electron chi connectivity index (χ2n) is 2.68. The number of ether oxygens (including phenoxy) is 1. The van der Waals surface area contributed by atoms with Crippen LogP contribution in [0.4, 0.5) is 0 Å². The Bertz CT molecular complexity index is 84.9. The number of rotatable bonds is 2. The molecule has 1 aliphatic heterocycles. The highest BCUT2D eigenvalue weighted by Gasteiger charge is 2.20. The molecule has 2 unspecified atom stereocenters. The molecule has 0 bridgehead atoms. The molecule has 3 heteroatoms. The normalized spacial score (nSPS) is 34.2. The lowest BCUT2D eigenvalue weighted by atomic mass is 10.1. The Labute approximate surface area is 60.6 Å². The summed E-state index contributed by atoms with van der Waals surface area (Å²) in [7, 11) is 0. The van der Waals surface area contributed by atoms with E-state index in [0.29, 0.717) is 0 Å². The van der Waals surface area contributed by atoms with Crippen LogP contribution in [-0.2, 0) is 4.74 Å². The summed E-state index contributed by atoms with van der Waals surface area (Å²) < 4.78 is 5.28. The zero-order chi connectivity index (χ0) is 7.40. The van der Waals surface area contributed by atoms with E-state index in [1.165, 1.54) is 0 Å². The van der Waals surface area contributed by atoms with Crippen molar-refractivity contribution in [3.8, 4) is 0 Å². The Morgan fingerprint density at radius 2 is 1.60 bits per heavy atom. The minimum atomic E-state index is -0.0362. The van der Waals surface area contributed by atoms with Gasteiger partial charge >= 0.3 is 0 Å². The Balaban J connectivity index is 2.25. The number of aliphatic hydroxyl groups excluding tert-OH is 2. The van der Waals surface area contributed by atoms with E-state index in [4.69, 9.17) is 14.9 Å². The van der Waals surface area contributed by atoms with Gasteiger partial charge in [-0.1, -0.05) is 0 Å². The molecular weight excluding hydrogens is 132 g/mol. The molecule has 0 aliphatic carbocycles. The summed E-state index contributed by atoms with van der Waals surface area (Å²) in [4.78, 5) is 0. The third kappa shape index (κ3) is 1.94. The molecule has 0 aromatic carbocycles. The summed E-state index contributed by atoms with van der Waals surface area (Å²) in [6.07, 6.45) is 2.83. The quantitative estimate of drug-likeness (QED) is 0.572. The third-order valence-corrected chi connectivity index (χ3v) is 1.84. The molecule has 0 saturated carbocycles. The van der Waals surface area contributed by atoms with Crippen molar-refractivity contribution in [2.24, 2.45) is 0 Å². The summed E-state index contributed by atoms with van der Waals surface area (Å²) in [5.41, 5.74) is 0. The largest absolute Gasteiger partial charge is 0.394 e. The van der Waals surface area contributed by atoms with Crippen LogP contribution >= 0.6 is 0 Å². The highest BCUT2D eigenvalue weighted by molar-refractivity contribution is 4.69. The van der Waals surface area contributed by atoms with Crippen LogP contribution in [0.15, 0.2) is 0 Å². The van der Waals surface area contributed by atoms with E-state index < -0.39 is 0 Å². The number of aliphatic hydroxyl groups is 2. The van der Waals surface area contributed by atoms with E-state index in [1.807, 2.05) is 0 Å². The van der Waals surface area contributed by atoms with E-state index >= 15 is 0 Å². The maximum atomic E-state index is 8.70. The molecule has 1 rings (SSSR count).